The number of carbonyl (C=O) groups is 1. The first-order valence-corrected chi connectivity index (χ1v) is 9.64. The number of benzene rings is 2. The number of hydrogen-bond donors (Lipinski definition) is 2. The zero-order valence-electron chi connectivity index (χ0n) is 17.0. The Balaban J connectivity index is 2.15. The van der Waals surface area contributed by atoms with E-state index in [9.17, 15) is 13.6 Å². The Labute approximate surface area is 175 Å². The zero-order chi connectivity index (χ0) is 22.4. The lowest BCUT2D eigenvalue weighted by Gasteiger charge is -2.17. The van der Waals surface area contributed by atoms with Crippen LogP contribution in [-0.2, 0) is 11.2 Å². The average molecular weight is 431 g/mol. The highest BCUT2D eigenvalue weighted by Crippen LogP contribution is 2.39. The third-order valence-electron chi connectivity index (χ3n) is 5.34. The van der Waals surface area contributed by atoms with Crippen LogP contribution in [0.5, 0.6) is 5.75 Å². The summed E-state index contributed by atoms with van der Waals surface area (Å²) in [5.41, 5.74) is 1.80. The van der Waals surface area contributed by atoms with Crippen molar-refractivity contribution < 1.29 is 27.8 Å². The van der Waals surface area contributed by atoms with Crippen LogP contribution in [0, 0.1) is 11.6 Å². The van der Waals surface area contributed by atoms with Gasteiger partial charge in [-0.05, 0) is 29.7 Å². The van der Waals surface area contributed by atoms with Gasteiger partial charge in [-0.3, -0.25) is 5.10 Å². The Kier molecular flexibility index (Phi) is 5.12. The van der Waals surface area contributed by atoms with E-state index < -0.39 is 30.2 Å². The van der Waals surface area contributed by atoms with Crippen LogP contribution in [-0.4, -0.2) is 39.1 Å². The Morgan fingerprint density at radius 2 is 2.03 bits per heavy atom. The Morgan fingerprint density at radius 1 is 1.29 bits per heavy atom. The Morgan fingerprint density at radius 3 is 2.68 bits per heavy atom. The number of fused-ring (bicyclic) bond motifs is 2. The monoisotopic (exact) mass is 431 g/mol. The quantitative estimate of drug-likeness (QED) is 0.456. The highest BCUT2D eigenvalue weighted by atomic mass is 19.1. The molecule has 162 valence electrons. The van der Waals surface area contributed by atoms with Crippen molar-refractivity contribution in [2.24, 2.45) is 0 Å². The number of ether oxygens (including phenoxy) is 1. The van der Waals surface area contributed by atoms with Gasteiger partial charge in [0.05, 0.1) is 18.8 Å². The maximum atomic E-state index is 15.6. The van der Waals surface area contributed by atoms with E-state index in [-0.39, 0.29) is 28.1 Å². The third kappa shape index (κ3) is 3.30. The topological polar surface area (TPSA) is 80.1 Å². The molecule has 1 atom stereocenters. The molecule has 2 aromatic carbocycles. The van der Waals surface area contributed by atoms with Crippen molar-refractivity contribution in [1.82, 2.24) is 14.8 Å². The van der Waals surface area contributed by atoms with Gasteiger partial charge in [0.1, 0.15) is 5.52 Å². The van der Waals surface area contributed by atoms with Crippen molar-refractivity contribution in [2.75, 3.05) is 7.11 Å². The molecule has 0 unspecified atom stereocenters. The molecule has 0 aliphatic carbocycles. The second-order valence-electron chi connectivity index (χ2n) is 7.60. The fourth-order valence-corrected chi connectivity index (χ4v) is 4.04. The lowest BCUT2D eigenvalue weighted by Crippen LogP contribution is -2.18. The molecule has 0 amide bonds. The predicted octanol–water partition coefficient (Wildman–Crippen LogP) is 4.88. The smallest absolute Gasteiger partial charge is 0.338 e. The first kappa shape index (κ1) is 20.8. The van der Waals surface area contributed by atoms with E-state index in [1.54, 1.807) is 10.6 Å². The van der Waals surface area contributed by atoms with Gasteiger partial charge in [-0.1, -0.05) is 13.8 Å². The van der Waals surface area contributed by atoms with Crippen molar-refractivity contribution in [3.05, 3.63) is 53.4 Å². The van der Waals surface area contributed by atoms with E-state index >= 15 is 4.39 Å². The van der Waals surface area contributed by atoms with Crippen LogP contribution in [0.3, 0.4) is 0 Å². The molecule has 0 aliphatic heterocycles. The molecule has 4 aromatic rings. The van der Waals surface area contributed by atoms with Crippen LogP contribution >= 0.6 is 0 Å². The SMILES string of the molecule is COc1cc(-n2c(C(C)C)c(C[C@@H](F)C(=O)O)c3c(F)c4[nH]ncc4cc32)ccc1F. The summed E-state index contributed by atoms with van der Waals surface area (Å²) in [6, 6.07) is 5.89. The molecule has 0 saturated carbocycles. The van der Waals surface area contributed by atoms with Crippen LogP contribution in [0.1, 0.15) is 31.0 Å². The molecule has 0 fully saturated rings. The van der Waals surface area contributed by atoms with Gasteiger partial charge in [0.2, 0.25) is 6.17 Å². The summed E-state index contributed by atoms with van der Waals surface area (Å²) in [5.74, 6) is -3.06. The summed E-state index contributed by atoms with van der Waals surface area (Å²) in [7, 11) is 1.33. The summed E-state index contributed by atoms with van der Waals surface area (Å²) in [6.45, 7) is 3.68. The number of rotatable bonds is 6. The first-order valence-electron chi connectivity index (χ1n) is 9.64. The van der Waals surface area contributed by atoms with Crippen molar-refractivity contribution in [3.8, 4) is 11.4 Å². The number of methoxy groups -OCH3 is 1. The van der Waals surface area contributed by atoms with E-state index in [0.717, 1.165) is 0 Å². The number of alkyl halides is 1. The van der Waals surface area contributed by atoms with Crippen molar-refractivity contribution in [3.63, 3.8) is 0 Å². The third-order valence-corrected chi connectivity index (χ3v) is 5.34. The standard InChI is InChI=1S/C22H20F3N3O3/c1-10(2)21-13(8-15(24)22(29)30)18-16(6-11-9-26-27-20(11)19(18)25)28(21)12-4-5-14(23)17(7-12)31-3/h4-7,9-10,15H,8H2,1-3H3,(H,26,27)(H,29,30)/t15-/m1/s1. The molecular formula is C22H20F3N3O3. The number of aliphatic carboxylic acids is 1. The van der Waals surface area contributed by atoms with Crippen molar-refractivity contribution in [1.29, 1.82) is 0 Å². The zero-order valence-corrected chi connectivity index (χ0v) is 17.0. The lowest BCUT2D eigenvalue weighted by molar-refractivity contribution is -0.142. The van der Waals surface area contributed by atoms with Crippen LogP contribution in [0.4, 0.5) is 13.2 Å². The fourth-order valence-electron chi connectivity index (χ4n) is 4.04. The highest BCUT2D eigenvalue weighted by molar-refractivity contribution is 5.99. The molecule has 9 heteroatoms. The minimum absolute atomic E-state index is 0.00521. The number of halogens is 3. The summed E-state index contributed by atoms with van der Waals surface area (Å²) in [5, 5.41) is 16.2. The Bertz CT molecular complexity index is 1310. The van der Waals surface area contributed by atoms with Crippen LogP contribution in [0.15, 0.2) is 30.5 Å². The van der Waals surface area contributed by atoms with Crippen LogP contribution < -0.4 is 4.74 Å². The number of hydrogen-bond acceptors (Lipinski definition) is 3. The van der Waals surface area contributed by atoms with Crippen molar-refractivity contribution >= 4 is 27.8 Å². The molecule has 4 rings (SSSR count). The first-order chi connectivity index (χ1) is 14.7. The van der Waals surface area contributed by atoms with Gasteiger partial charge >= 0.3 is 5.97 Å². The molecule has 2 N–H and O–H groups in total. The number of aromatic nitrogens is 3. The van der Waals surface area contributed by atoms with E-state index in [2.05, 4.69) is 10.2 Å². The van der Waals surface area contributed by atoms with E-state index in [1.165, 1.54) is 31.5 Å². The van der Waals surface area contributed by atoms with Gasteiger partial charge < -0.3 is 14.4 Å². The summed E-state index contributed by atoms with van der Waals surface area (Å²) < 4.78 is 50.7. The predicted molar refractivity (Wildman–Crippen MR) is 110 cm³/mol. The van der Waals surface area contributed by atoms with Gasteiger partial charge in [-0.2, -0.15) is 5.10 Å². The highest BCUT2D eigenvalue weighted by Gasteiger charge is 2.29. The van der Waals surface area contributed by atoms with Crippen LogP contribution in [0.25, 0.3) is 27.5 Å². The number of carboxylic acid groups (broad SMARTS) is 1. The van der Waals surface area contributed by atoms with Gasteiger partial charge in [-0.25, -0.2) is 18.0 Å². The second-order valence-corrected chi connectivity index (χ2v) is 7.60. The molecule has 6 nitrogen and oxygen atoms in total. The largest absolute Gasteiger partial charge is 0.494 e. The normalized spacial score (nSPS) is 12.7. The molecule has 2 aromatic heterocycles. The second kappa shape index (κ2) is 7.64. The molecular weight excluding hydrogens is 411 g/mol. The van der Waals surface area contributed by atoms with Crippen LogP contribution in [0.2, 0.25) is 0 Å². The summed E-state index contributed by atoms with van der Waals surface area (Å²) in [6.07, 6.45) is -1.26. The molecule has 0 bridgehead atoms. The van der Waals surface area contributed by atoms with Gasteiger partial charge in [0, 0.05) is 34.6 Å². The molecule has 0 saturated heterocycles. The van der Waals surface area contributed by atoms with E-state index in [0.29, 0.717) is 22.3 Å². The molecule has 0 spiro atoms. The Hall–Kier alpha value is -3.49. The number of H-pyrrole nitrogens is 1. The summed E-state index contributed by atoms with van der Waals surface area (Å²) in [4.78, 5) is 11.2. The average Bonchev–Trinajstić information content (AvgIpc) is 3.32. The van der Waals surface area contributed by atoms with Crippen molar-refractivity contribution in [2.45, 2.75) is 32.4 Å². The fraction of sp³-hybridized carbons (Fsp3) is 0.273. The number of nitrogens with zero attached hydrogens (tertiary/aromatic N) is 2. The maximum Gasteiger partial charge on any atom is 0.338 e. The van der Waals surface area contributed by atoms with E-state index in [1.807, 2.05) is 13.8 Å². The number of nitrogens with one attached hydrogen (secondary N) is 1. The summed E-state index contributed by atoms with van der Waals surface area (Å²) >= 11 is 0. The molecule has 0 aliphatic rings. The minimum Gasteiger partial charge on any atom is -0.494 e. The van der Waals surface area contributed by atoms with Gasteiger partial charge in [0.15, 0.2) is 17.4 Å². The number of carboxylic acids is 1. The minimum atomic E-state index is -2.21. The maximum absolute atomic E-state index is 15.6. The molecule has 31 heavy (non-hydrogen) atoms. The molecule has 0 radical (unpaired) electrons. The number of aromatic amines is 1. The van der Waals surface area contributed by atoms with Gasteiger partial charge in [0.25, 0.3) is 0 Å². The van der Waals surface area contributed by atoms with E-state index in [4.69, 9.17) is 9.84 Å². The lowest BCUT2D eigenvalue weighted by atomic mass is 9.98. The van der Waals surface area contributed by atoms with Gasteiger partial charge in [-0.15, -0.1) is 0 Å². The molecule has 2 heterocycles.